The van der Waals surface area contributed by atoms with E-state index in [4.69, 9.17) is 9.97 Å². The largest absolute Gasteiger partial charge is 0.308 e. The van der Waals surface area contributed by atoms with E-state index in [1.54, 1.807) is 11.3 Å². The lowest BCUT2D eigenvalue weighted by atomic mass is 9.94. The van der Waals surface area contributed by atoms with E-state index in [1.165, 1.54) is 65.2 Å². The number of nitrogens with zero attached hydrogens (tertiary/aromatic N) is 4. The Kier molecular flexibility index (Phi) is 5.35. The Morgan fingerprint density at radius 1 is 0.431 bits per heavy atom. The molecule has 0 amide bonds. The van der Waals surface area contributed by atoms with E-state index in [-0.39, 0.29) is 0 Å². The number of aromatic nitrogens is 4. The first-order valence-electron chi connectivity index (χ1n) is 17.3. The Labute approximate surface area is 296 Å². The summed E-state index contributed by atoms with van der Waals surface area (Å²) in [6.07, 6.45) is 0. The molecular formula is C46H26N4S. The first kappa shape index (κ1) is 27.3. The fraction of sp³-hybridized carbons (Fsp3) is 0. The van der Waals surface area contributed by atoms with Gasteiger partial charge < -0.3 is 4.57 Å². The van der Waals surface area contributed by atoms with Crippen molar-refractivity contribution in [2.75, 3.05) is 0 Å². The number of thiophene rings is 1. The Morgan fingerprint density at radius 2 is 1.06 bits per heavy atom. The number of benzene rings is 7. The molecule has 0 fully saturated rings. The summed E-state index contributed by atoms with van der Waals surface area (Å²) >= 11 is 1.71. The highest BCUT2D eigenvalue weighted by Crippen LogP contribution is 2.48. The van der Waals surface area contributed by atoms with Gasteiger partial charge in [-0.15, -0.1) is 11.3 Å². The first-order valence-corrected chi connectivity index (χ1v) is 18.1. The third-order valence-corrected chi connectivity index (χ3v) is 11.7. The molecule has 236 valence electrons. The fourth-order valence-electron chi connectivity index (χ4n) is 8.53. The van der Waals surface area contributed by atoms with Crippen LogP contribution in [0.1, 0.15) is 0 Å². The predicted molar refractivity (Wildman–Crippen MR) is 213 cm³/mol. The molecule has 5 heteroatoms. The number of para-hydroxylation sites is 3. The lowest BCUT2D eigenvalue weighted by Crippen LogP contribution is -2.03. The molecule has 0 radical (unpaired) electrons. The van der Waals surface area contributed by atoms with Gasteiger partial charge in [0.15, 0.2) is 5.82 Å². The van der Waals surface area contributed by atoms with E-state index in [2.05, 4.69) is 167 Å². The van der Waals surface area contributed by atoms with Gasteiger partial charge in [-0.2, -0.15) is 0 Å². The van der Waals surface area contributed by atoms with Crippen LogP contribution >= 0.6 is 11.3 Å². The van der Waals surface area contributed by atoms with E-state index < -0.39 is 0 Å². The molecule has 51 heavy (non-hydrogen) atoms. The van der Waals surface area contributed by atoms with Crippen LogP contribution in [0.15, 0.2) is 158 Å². The summed E-state index contributed by atoms with van der Waals surface area (Å²) in [4.78, 5) is 11.9. The van der Waals surface area contributed by atoms with Crippen molar-refractivity contribution in [3.05, 3.63) is 158 Å². The summed E-state index contributed by atoms with van der Waals surface area (Å²) in [6.45, 7) is 0. The highest BCUT2D eigenvalue weighted by atomic mass is 32.1. The summed E-state index contributed by atoms with van der Waals surface area (Å²) in [7, 11) is 0. The summed E-state index contributed by atoms with van der Waals surface area (Å²) in [5, 5.41) is 5.97. The standard InChI is InChI=1S/C46H26N4S/c1-2-13-27(14-3-1)42-45(47-43-34-19-8-11-24-41(34)51-46(43)48-42)50-38-23-10-7-18-31(38)35-25-39-36(26-40(35)50)33-21-12-20-32-29-16-5-4-15-28(29)30-17-6-9-22-37(30)49(39)44(32)33/h1-26H. The Bertz CT molecular complexity index is 3250. The fourth-order valence-corrected chi connectivity index (χ4v) is 9.55. The SMILES string of the molecule is c1ccc(-c2nc3sc4ccccc4c3nc2-n2c3ccccc3c3cc4c(cc32)c2cccc3c2n4-c2ccccc2-c2ccccc2-3)cc1. The van der Waals surface area contributed by atoms with Gasteiger partial charge in [0, 0.05) is 48.3 Å². The molecule has 0 spiro atoms. The van der Waals surface area contributed by atoms with Crippen molar-refractivity contribution < 1.29 is 0 Å². The van der Waals surface area contributed by atoms with Gasteiger partial charge in [-0.05, 0) is 41.5 Å². The summed E-state index contributed by atoms with van der Waals surface area (Å²) < 4.78 is 6.05. The van der Waals surface area contributed by atoms with Gasteiger partial charge in [-0.3, -0.25) is 4.57 Å². The van der Waals surface area contributed by atoms with Crippen LogP contribution in [0.5, 0.6) is 0 Å². The maximum Gasteiger partial charge on any atom is 0.165 e. The molecule has 12 rings (SSSR count). The van der Waals surface area contributed by atoms with E-state index >= 15 is 0 Å². The maximum atomic E-state index is 5.54. The molecule has 0 saturated heterocycles. The van der Waals surface area contributed by atoms with Crippen LogP contribution in [0.4, 0.5) is 0 Å². The molecular weight excluding hydrogens is 641 g/mol. The van der Waals surface area contributed by atoms with Crippen molar-refractivity contribution in [1.29, 1.82) is 0 Å². The molecule has 11 aromatic rings. The van der Waals surface area contributed by atoms with Gasteiger partial charge in [-0.1, -0.05) is 127 Å². The van der Waals surface area contributed by atoms with Crippen LogP contribution in [-0.4, -0.2) is 19.1 Å². The number of rotatable bonds is 2. The van der Waals surface area contributed by atoms with Crippen molar-refractivity contribution in [2.45, 2.75) is 0 Å². The molecule has 1 aliphatic rings. The highest BCUT2D eigenvalue weighted by Gasteiger charge is 2.26. The third kappa shape index (κ3) is 3.63. The summed E-state index contributed by atoms with van der Waals surface area (Å²) in [6, 6.07) is 57.0. The quantitative estimate of drug-likeness (QED) is 0.184. The lowest BCUT2D eigenvalue weighted by molar-refractivity contribution is 1.08. The van der Waals surface area contributed by atoms with Crippen LogP contribution in [-0.2, 0) is 0 Å². The molecule has 0 N–H and O–H groups in total. The average molecular weight is 667 g/mol. The zero-order valence-corrected chi connectivity index (χ0v) is 28.0. The zero-order chi connectivity index (χ0) is 33.2. The van der Waals surface area contributed by atoms with Gasteiger partial charge in [0.2, 0.25) is 0 Å². The molecule has 4 aromatic heterocycles. The number of hydrogen-bond acceptors (Lipinski definition) is 3. The molecule has 1 aliphatic heterocycles. The molecule has 5 heterocycles. The van der Waals surface area contributed by atoms with Crippen molar-refractivity contribution in [3.63, 3.8) is 0 Å². The normalized spacial score (nSPS) is 12.3. The smallest absolute Gasteiger partial charge is 0.165 e. The van der Waals surface area contributed by atoms with E-state index in [9.17, 15) is 0 Å². The maximum absolute atomic E-state index is 5.54. The van der Waals surface area contributed by atoms with Gasteiger partial charge >= 0.3 is 0 Å². The zero-order valence-electron chi connectivity index (χ0n) is 27.2. The van der Waals surface area contributed by atoms with Crippen LogP contribution in [0.25, 0.3) is 109 Å². The second-order valence-corrected chi connectivity index (χ2v) is 14.4. The Hall–Kier alpha value is -6.56. The van der Waals surface area contributed by atoms with Gasteiger partial charge in [0.25, 0.3) is 0 Å². The highest BCUT2D eigenvalue weighted by molar-refractivity contribution is 7.25. The van der Waals surface area contributed by atoms with E-state index in [1.807, 2.05) is 0 Å². The first-order chi connectivity index (χ1) is 25.3. The van der Waals surface area contributed by atoms with Gasteiger partial charge in [-0.25, -0.2) is 9.97 Å². The minimum atomic E-state index is 0.840. The van der Waals surface area contributed by atoms with E-state index in [0.29, 0.717) is 0 Å². The van der Waals surface area contributed by atoms with Crippen LogP contribution in [0.3, 0.4) is 0 Å². The van der Waals surface area contributed by atoms with E-state index in [0.717, 1.165) is 43.8 Å². The molecule has 0 unspecified atom stereocenters. The molecule has 0 bridgehead atoms. The topological polar surface area (TPSA) is 35.6 Å². The van der Waals surface area contributed by atoms with Crippen LogP contribution in [0, 0.1) is 0 Å². The molecule has 7 aromatic carbocycles. The van der Waals surface area contributed by atoms with Gasteiger partial charge in [0.1, 0.15) is 16.0 Å². The van der Waals surface area contributed by atoms with Crippen LogP contribution < -0.4 is 0 Å². The van der Waals surface area contributed by atoms with Crippen molar-refractivity contribution in [2.24, 2.45) is 0 Å². The molecule has 0 aliphatic carbocycles. The second-order valence-electron chi connectivity index (χ2n) is 13.4. The summed E-state index contributed by atoms with van der Waals surface area (Å²) in [5.74, 6) is 0.840. The summed E-state index contributed by atoms with van der Waals surface area (Å²) in [5.41, 5.74) is 13.7. The second kappa shape index (κ2) is 10.0. The predicted octanol–water partition coefficient (Wildman–Crippen LogP) is 12.4. The van der Waals surface area contributed by atoms with Crippen molar-refractivity contribution >= 4 is 75.4 Å². The average Bonchev–Trinajstić information content (AvgIpc) is 3.80. The number of hydrogen-bond donors (Lipinski definition) is 0. The third-order valence-electron chi connectivity index (χ3n) is 10.7. The van der Waals surface area contributed by atoms with Gasteiger partial charge in [0.05, 0.1) is 27.8 Å². The minimum Gasteiger partial charge on any atom is -0.308 e. The molecule has 0 atom stereocenters. The Morgan fingerprint density at radius 3 is 1.92 bits per heavy atom. The van der Waals surface area contributed by atoms with Crippen molar-refractivity contribution in [3.8, 4) is 45.0 Å². The Balaban J connectivity index is 1.26. The number of fused-ring (bicyclic) bond motifs is 14. The molecule has 0 saturated carbocycles. The van der Waals surface area contributed by atoms with Crippen molar-refractivity contribution in [1.82, 2.24) is 19.1 Å². The lowest BCUT2D eigenvalue weighted by Gasteiger charge is -2.13. The van der Waals surface area contributed by atoms with Crippen LogP contribution in [0.2, 0.25) is 0 Å². The minimum absolute atomic E-state index is 0.840. The monoisotopic (exact) mass is 666 g/mol. The molecule has 4 nitrogen and oxygen atoms in total.